The molecule has 0 atom stereocenters. The van der Waals surface area contributed by atoms with Crippen molar-refractivity contribution >= 4 is 33.2 Å². The molecule has 1 aromatic carbocycles. The van der Waals surface area contributed by atoms with Gasteiger partial charge in [-0.3, -0.25) is 9.48 Å². The number of nitrogens with two attached hydrogens (primary N) is 1. The van der Waals surface area contributed by atoms with Crippen LogP contribution in [-0.4, -0.2) is 15.7 Å². The van der Waals surface area contributed by atoms with Gasteiger partial charge in [0.15, 0.2) is 0 Å². The summed E-state index contributed by atoms with van der Waals surface area (Å²) in [5.74, 6) is -0.193. The molecule has 0 spiro atoms. The van der Waals surface area contributed by atoms with E-state index in [0.717, 1.165) is 15.7 Å². The van der Waals surface area contributed by atoms with Crippen molar-refractivity contribution < 1.29 is 4.79 Å². The van der Waals surface area contributed by atoms with E-state index in [9.17, 15) is 4.79 Å². The van der Waals surface area contributed by atoms with Crippen LogP contribution in [0.5, 0.6) is 0 Å². The van der Waals surface area contributed by atoms with E-state index in [0.29, 0.717) is 16.9 Å². The highest BCUT2D eigenvalue weighted by atomic mass is 79.9. The number of anilines is 2. The minimum absolute atomic E-state index is 0.193. The van der Waals surface area contributed by atoms with Crippen molar-refractivity contribution in [1.29, 1.82) is 0 Å². The second kappa shape index (κ2) is 5.05. The number of aryl methyl sites for hydroxylation is 2. The van der Waals surface area contributed by atoms with Crippen molar-refractivity contribution in [1.82, 2.24) is 9.78 Å². The monoisotopic (exact) mass is 322 g/mol. The van der Waals surface area contributed by atoms with Gasteiger partial charge in [-0.25, -0.2) is 0 Å². The number of aromatic nitrogens is 2. The molecule has 0 saturated carbocycles. The fourth-order valence-electron chi connectivity index (χ4n) is 1.85. The van der Waals surface area contributed by atoms with E-state index in [4.69, 9.17) is 5.73 Å². The Morgan fingerprint density at radius 2 is 2.11 bits per heavy atom. The van der Waals surface area contributed by atoms with Crippen molar-refractivity contribution in [2.75, 3.05) is 11.1 Å². The lowest BCUT2D eigenvalue weighted by Crippen LogP contribution is -2.14. The summed E-state index contributed by atoms with van der Waals surface area (Å²) in [5, 5.41) is 7.03. The molecular weight excluding hydrogens is 308 g/mol. The van der Waals surface area contributed by atoms with Crippen LogP contribution in [0, 0.1) is 13.8 Å². The zero-order valence-corrected chi connectivity index (χ0v) is 12.6. The Kier molecular flexibility index (Phi) is 3.61. The summed E-state index contributed by atoms with van der Waals surface area (Å²) in [4.78, 5) is 12.3. The van der Waals surface area contributed by atoms with Gasteiger partial charge in [-0.1, -0.05) is 15.9 Å². The van der Waals surface area contributed by atoms with Gasteiger partial charge in [-0.2, -0.15) is 5.10 Å². The van der Waals surface area contributed by atoms with Gasteiger partial charge in [0.1, 0.15) is 0 Å². The van der Waals surface area contributed by atoms with E-state index in [-0.39, 0.29) is 5.91 Å². The fraction of sp³-hybridized carbons (Fsp3) is 0.231. The van der Waals surface area contributed by atoms with Crippen LogP contribution in [0.2, 0.25) is 0 Å². The van der Waals surface area contributed by atoms with Gasteiger partial charge in [0.2, 0.25) is 0 Å². The fourth-order valence-corrected chi connectivity index (χ4v) is 2.32. The van der Waals surface area contributed by atoms with E-state index < -0.39 is 0 Å². The molecule has 3 N–H and O–H groups in total. The average Bonchev–Trinajstić information content (AvgIpc) is 2.62. The third-order valence-corrected chi connectivity index (χ3v) is 3.38. The minimum atomic E-state index is -0.193. The maximum Gasteiger partial charge on any atom is 0.256 e. The van der Waals surface area contributed by atoms with E-state index in [1.807, 2.05) is 20.9 Å². The molecule has 0 aliphatic carbocycles. The molecule has 1 amide bonds. The second-order valence-corrected chi connectivity index (χ2v) is 5.34. The first-order chi connectivity index (χ1) is 8.88. The number of rotatable bonds is 2. The normalized spacial score (nSPS) is 10.5. The first kappa shape index (κ1) is 13.6. The van der Waals surface area contributed by atoms with Gasteiger partial charge in [-0.15, -0.1) is 0 Å². The Bertz CT molecular complexity index is 648. The number of amides is 1. The highest BCUT2D eigenvalue weighted by Gasteiger charge is 2.14. The summed E-state index contributed by atoms with van der Waals surface area (Å²) in [5.41, 5.74) is 9.24. The smallest absolute Gasteiger partial charge is 0.256 e. The molecule has 5 nitrogen and oxygen atoms in total. The van der Waals surface area contributed by atoms with Gasteiger partial charge in [0.05, 0.1) is 11.4 Å². The average molecular weight is 323 g/mol. The number of hydrogen-bond acceptors (Lipinski definition) is 3. The number of nitrogen functional groups attached to an aromatic ring is 1. The van der Waals surface area contributed by atoms with Crippen LogP contribution < -0.4 is 11.1 Å². The molecule has 0 aliphatic heterocycles. The summed E-state index contributed by atoms with van der Waals surface area (Å²) >= 11 is 3.34. The molecule has 0 bridgehead atoms. The molecule has 1 heterocycles. The topological polar surface area (TPSA) is 72.9 Å². The number of carbonyl (C=O) groups excluding carboxylic acids is 1. The van der Waals surface area contributed by atoms with E-state index in [1.54, 1.807) is 23.0 Å². The van der Waals surface area contributed by atoms with Crippen LogP contribution in [-0.2, 0) is 7.05 Å². The van der Waals surface area contributed by atoms with Crippen molar-refractivity contribution in [2.24, 2.45) is 7.05 Å². The van der Waals surface area contributed by atoms with Crippen LogP contribution >= 0.6 is 15.9 Å². The maximum atomic E-state index is 12.3. The zero-order valence-electron chi connectivity index (χ0n) is 11.0. The number of nitrogens with zero attached hydrogens (tertiary/aromatic N) is 2. The van der Waals surface area contributed by atoms with Crippen LogP contribution in [0.15, 0.2) is 22.8 Å². The number of benzene rings is 1. The molecule has 0 fully saturated rings. The predicted octanol–water partition coefficient (Wildman–Crippen LogP) is 2.63. The highest BCUT2D eigenvalue weighted by Crippen LogP contribution is 2.24. The molecule has 0 radical (unpaired) electrons. The number of hydrogen-bond donors (Lipinski definition) is 2. The van der Waals surface area contributed by atoms with Crippen LogP contribution in [0.25, 0.3) is 0 Å². The first-order valence-electron chi connectivity index (χ1n) is 5.75. The largest absolute Gasteiger partial charge is 0.398 e. The summed E-state index contributed by atoms with van der Waals surface area (Å²) in [7, 11) is 1.81. The lowest BCUT2D eigenvalue weighted by atomic mass is 10.1. The number of carbonyl (C=O) groups is 1. The summed E-state index contributed by atoms with van der Waals surface area (Å²) < 4.78 is 2.44. The van der Waals surface area contributed by atoms with Gasteiger partial charge in [-0.05, 0) is 31.5 Å². The molecule has 0 saturated heterocycles. The molecule has 2 rings (SSSR count). The first-order valence-corrected chi connectivity index (χ1v) is 6.55. The molecule has 1 aromatic heterocycles. The Morgan fingerprint density at radius 3 is 2.68 bits per heavy atom. The second-order valence-electron chi connectivity index (χ2n) is 4.42. The van der Waals surface area contributed by atoms with Crippen molar-refractivity contribution in [3.63, 3.8) is 0 Å². The molecule has 2 aromatic rings. The van der Waals surface area contributed by atoms with Crippen molar-refractivity contribution in [3.8, 4) is 0 Å². The number of nitrogens with one attached hydrogen (secondary N) is 1. The van der Waals surface area contributed by atoms with Gasteiger partial charge in [0, 0.05) is 29.0 Å². The zero-order chi connectivity index (χ0) is 14.2. The molecule has 100 valence electrons. The summed E-state index contributed by atoms with van der Waals surface area (Å²) in [6, 6.07) is 3.54. The Morgan fingerprint density at radius 1 is 1.42 bits per heavy atom. The van der Waals surface area contributed by atoms with Gasteiger partial charge < -0.3 is 11.1 Å². The van der Waals surface area contributed by atoms with Crippen LogP contribution in [0.4, 0.5) is 11.4 Å². The lowest BCUT2D eigenvalue weighted by molar-refractivity contribution is 0.102. The third kappa shape index (κ3) is 2.78. The highest BCUT2D eigenvalue weighted by molar-refractivity contribution is 9.10. The van der Waals surface area contributed by atoms with E-state index >= 15 is 0 Å². The predicted molar refractivity (Wildman–Crippen MR) is 79.2 cm³/mol. The maximum absolute atomic E-state index is 12.3. The van der Waals surface area contributed by atoms with E-state index in [2.05, 4.69) is 26.3 Å². The molecular formula is C13H15BrN4O. The number of halogens is 1. The van der Waals surface area contributed by atoms with Crippen LogP contribution in [0.1, 0.15) is 21.6 Å². The standard InChI is InChI=1S/C13H15BrN4O/c1-7-10(4-9(14)5-11(7)15)13(19)16-12-6-18(3)17-8(12)2/h4-6H,15H2,1-3H3,(H,16,19). The van der Waals surface area contributed by atoms with Gasteiger partial charge >= 0.3 is 0 Å². The van der Waals surface area contributed by atoms with Gasteiger partial charge in [0.25, 0.3) is 5.91 Å². The molecule has 0 aliphatic rings. The lowest BCUT2D eigenvalue weighted by Gasteiger charge is -2.09. The van der Waals surface area contributed by atoms with Crippen LogP contribution in [0.3, 0.4) is 0 Å². The Labute approximate surface area is 119 Å². The minimum Gasteiger partial charge on any atom is -0.398 e. The summed E-state index contributed by atoms with van der Waals surface area (Å²) in [6.45, 7) is 3.67. The quantitative estimate of drug-likeness (QED) is 0.835. The molecule has 0 unspecified atom stereocenters. The van der Waals surface area contributed by atoms with Crippen molar-refractivity contribution in [2.45, 2.75) is 13.8 Å². The van der Waals surface area contributed by atoms with Crippen molar-refractivity contribution in [3.05, 3.63) is 39.6 Å². The Balaban J connectivity index is 2.33. The SMILES string of the molecule is Cc1nn(C)cc1NC(=O)c1cc(Br)cc(N)c1C. The molecule has 19 heavy (non-hydrogen) atoms. The third-order valence-electron chi connectivity index (χ3n) is 2.92. The Hall–Kier alpha value is -1.82. The summed E-state index contributed by atoms with van der Waals surface area (Å²) in [6.07, 6.45) is 1.77. The van der Waals surface area contributed by atoms with E-state index in [1.165, 1.54) is 0 Å². The molecule has 6 heteroatoms.